The van der Waals surface area contributed by atoms with Crippen LogP contribution in [-0.4, -0.2) is 59.5 Å². The van der Waals surface area contributed by atoms with Crippen molar-refractivity contribution in [1.29, 1.82) is 0 Å². The number of likely N-dealkylation sites (N-methyl/N-ethyl adjacent to an activating group) is 1. The molecule has 0 aromatic heterocycles. The minimum absolute atomic E-state index is 0.187. The summed E-state index contributed by atoms with van der Waals surface area (Å²) in [6, 6.07) is 0. The van der Waals surface area contributed by atoms with Gasteiger partial charge in [0, 0.05) is 6.42 Å². The van der Waals surface area contributed by atoms with Gasteiger partial charge in [0.15, 0.2) is 5.78 Å². The normalized spacial score (nSPS) is 21.5. The maximum absolute atomic E-state index is 12.6. The Balaban J connectivity index is 5.49. The van der Waals surface area contributed by atoms with Crippen LogP contribution in [0.25, 0.3) is 0 Å². The van der Waals surface area contributed by atoms with Gasteiger partial charge in [-0.1, -0.05) is 58.3 Å². The van der Waals surface area contributed by atoms with Gasteiger partial charge in [-0.05, 0) is 6.42 Å². The van der Waals surface area contributed by atoms with Crippen molar-refractivity contribution in [1.82, 2.24) is 0 Å². The second-order valence-corrected chi connectivity index (χ2v) is 6.21. The van der Waals surface area contributed by atoms with Gasteiger partial charge in [-0.3, -0.25) is 9.59 Å². The van der Waals surface area contributed by atoms with Crippen LogP contribution in [0.5, 0.6) is 0 Å². The number of aliphatic carboxylic acids is 1. The number of hydrogen-bond donors (Lipinski definition) is 2. The molecule has 142 valence electrons. The first-order chi connectivity index (χ1) is 14.9. The van der Waals surface area contributed by atoms with Crippen molar-refractivity contribution in [3.05, 3.63) is 0 Å². The van der Waals surface area contributed by atoms with E-state index in [0.29, 0.717) is 12.8 Å². The van der Waals surface area contributed by atoms with Gasteiger partial charge in [0.25, 0.3) is 0 Å². The number of nitrogens with zero attached hydrogens (tertiary/aromatic N) is 1. The molecule has 2 N–H and O–H groups in total. The standard InChI is InChI=1S/C19H37NO4/c1-4-5-6-7-8-9-10-11-12-13-17(21)15-20(2,3)16-18(22)14-19(23)24/h18,22H,4-16H2,1-3H3/p+1/t18-/m1/s1/i2D3,3D3,16D2,18D. The van der Waals surface area contributed by atoms with Gasteiger partial charge in [0.2, 0.25) is 0 Å². The summed E-state index contributed by atoms with van der Waals surface area (Å²) in [4.78, 5) is 23.6. The minimum atomic E-state index is -3.84. The van der Waals surface area contributed by atoms with Crippen molar-refractivity contribution in [3.8, 4) is 0 Å². The van der Waals surface area contributed by atoms with Gasteiger partial charge in [-0.25, -0.2) is 0 Å². The third kappa shape index (κ3) is 14.6. The van der Waals surface area contributed by atoms with Gasteiger partial charge >= 0.3 is 5.97 Å². The Hall–Kier alpha value is -0.940. The highest BCUT2D eigenvalue weighted by Gasteiger charge is 2.24. The van der Waals surface area contributed by atoms with E-state index in [9.17, 15) is 14.7 Å². The fraction of sp³-hybridized carbons (Fsp3) is 0.895. The fourth-order valence-corrected chi connectivity index (χ4v) is 2.42. The molecule has 5 heteroatoms. The number of Topliss-reactive ketones (excluding diaryl/α,β-unsaturated/α-hetero) is 1. The second kappa shape index (κ2) is 13.4. The largest absolute Gasteiger partial charge is 0.481 e. The number of aliphatic hydroxyl groups is 1. The zero-order valence-corrected chi connectivity index (χ0v) is 14.6. The molecule has 0 spiro atoms. The molecule has 0 aliphatic heterocycles. The number of carboxylic acids is 1. The molecule has 0 amide bonds. The topological polar surface area (TPSA) is 74.6 Å². The Morgan fingerprint density at radius 3 is 2.12 bits per heavy atom. The zero-order chi connectivity index (χ0) is 26.1. The number of hydrogen-bond acceptors (Lipinski definition) is 3. The second-order valence-electron chi connectivity index (χ2n) is 6.21. The number of carboxylic acid groups (broad SMARTS) is 1. The van der Waals surface area contributed by atoms with Gasteiger partial charge < -0.3 is 14.7 Å². The smallest absolute Gasteiger partial charge is 0.306 e. The van der Waals surface area contributed by atoms with Crippen molar-refractivity contribution in [2.24, 2.45) is 0 Å². The third-order valence-corrected chi connectivity index (χ3v) is 3.61. The predicted molar refractivity (Wildman–Crippen MR) is 97.0 cm³/mol. The van der Waals surface area contributed by atoms with E-state index < -0.39 is 55.7 Å². The van der Waals surface area contributed by atoms with Crippen molar-refractivity contribution in [2.75, 3.05) is 27.0 Å². The number of rotatable bonds is 16. The van der Waals surface area contributed by atoms with Crippen molar-refractivity contribution in [3.63, 3.8) is 0 Å². The first-order valence-electron chi connectivity index (χ1n) is 13.2. The average molecular weight is 354 g/mol. The maximum Gasteiger partial charge on any atom is 0.306 e. The molecular weight excluding hydrogens is 306 g/mol. The van der Waals surface area contributed by atoms with Crippen LogP contribution in [0.3, 0.4) is 0 Å². The molecule has 0 heterocycles. The summed E-state index contributed by atoms with van der Waals surface area (Å²) in [5.74, 6) is -2.67. The summed E-state index contributed by atoms with van der Waals surface area (Å²) < 4.78 is 68.0. The number of quaternary nitrogens is 1. The Labute approximate surface area is 160 Å². The Morgan fingerprint density at radius 1 is 1.08 bits per heavy atom. The summed E-state index contributed by atoms with van der Waals surface area (Å²) >= 11 is 0. The number of ketones is 1. The molecule has 24 heavy (non-hydrogen) atoms. The molecule has 0 saturated heterocycles. The first kappa shape index (κ1) is 11.6. The highest BCUT2D eigenvalue weighted by Crippen LogP contribution is 2.11. The number of carbonyl (C=O) groups excluding carboxylic acids is 1. The molecule has 0 radical (unpaired) electrons. The lowest BCUT2D eigenvalue weighted by atomic mass is 10.1. The third-order valence-electron chi connectivity index (χ3n) is 3.61. The minimum Gasteiger partial charge on any atom is -0.481 e. The van der Waals surface area contributed by atoms with Gasteiger partial charge in [0.05, 0.1) is 32.7 Å². The lowest BCUT2D eigenvalue weighted by Gasteiger charge is -2.30. The number of carbonyl (C=O) groups is 2. The number of unbranched alkanes of at least 4 members (excludes halogenated alkanes) is 8. The van der Waals surface area contributed by atoms with Crippen LogP contribution in [0.1, 0.15) is 89.9 Å². The molecular formula is C19H38NO4+. The van der Waals surface area contributed by atoms with E-state index in [2.05, 4.69) is 6.92 Å². The van der Waals surface area contributed by atoms with E-state index in [4.69, 9.17) is 17.4 Å². The molecule has 0 aliphatic carbocycles. The van der Waals surface area contributed by atoms with E-state index in [1.807, 2.05) is 0 Å². The van der Waals surface area contributed by atoms with Crippen LogP contribution < -0.4 is 0 Å². The molecule has 0 aromatic rings. The molecule has 1 atom stereocenters. The highest BCUT2D eigenvalue weighted by molar-refractivity contribution is 5.79. The SMILES string of the molecule is [2H]C([2H])([2H])[N+](CC(=O)CCCCCCCCCCC)(C([2H])([2H])[2H])C([2H])([2H])[C@]([2H])(O)CC(=O)O. The molecule has 0 unspecified atom stereocenters. The summed E-state index contributed by atoms with van der Waals surface area (Å²) in [6.07, 6.45) is 3.18. The summed E-state index contributed by atoms with van der Waals surface area (Å²) in [7, 11) is 0. The van der Waals surface area contributed by atoms with Gasteiger partial charge in [-0.2, -0.15) is 0 Å². The zero-order valence-electron chi connectivity index (χ0n) is 23.6. The average Bonchev–Trinajstić information content (AvgIpc) is 2.61. The lowest BCUT2D eigenvalue weighted by molar-refractivity contribution is -0.885. The first-order valence-corrected chi connectivity index (χ1v) is 8.71. The quantitative estimate of drug-likeness (QED) is 0.329. The lowest BCUT2D eigenvalue weighted by Crippen LogP contribution is -2.48. The van der Waals surface area contributed by atoms with Crippen LogP contribution in [0.2, 0.25) is 0 Å². The summed E-state index contributed by atoms with van der Waals surface area (Å²) in [5, 5.41) is 19.1. The molecule has 5 nitrogen and oxygen atoms in total. The van der Waals surface area contributed by atoms with E-state index in [0.717, 1.165) is 32.1 Å². The molecule has 0 bridgehead atoms. The van der Waals surface area contributed by atoms with Gasteiger partial charge in [-0.15, -0.1) is 0 Å². The highest BCUT2D eigenvalue weighted by atomic mass is 16.4. The van der Waals surface area contributed by atoms with Crippen LogP contribution in [0, 0.1) is 0 Å². The Morgan fingerprint density at radius 2 is 1.62 bits per heavy atom. The summed E-state index contributed by atoms with van der Waals surface area (Å²) in [5.41, 5.74) is 0. The van der Waals surface area contributed by atoms with Crippen LogP contribution in [0.4, 0.5) is 0 Å². The molecule has 0 saturated carbocycles. The van der Waals surface area contributed by atoms with Crippen molar-refractivity contribution < 1.29 is 36.6 Å². The Kier molecular flexibility index (Phi) is 6.48. The monoisotopic (exact) mass is 353 g/mol. The molecule has 0 aromatic carbocycles. The van der Waals surface area contributed by atoms with Crippen LogP contribution in [-0.2, 0) is 9.59 Å². The van der Waals surface area contributed by atoms with E-state index >= 15 is 0 Å². The molecule has 0 rings (SSSR count). The Bertz CT molecular complexity index is 620. The molecule has 0 fully saturated rings. The summed E-state index contributed by atoms with van der Waals surface area (Å²) in [6.45, 7) is -10.4. The maximum atomic E-state index is 12.6. The fourth-order valence-electron chi connectivity index (χ4n) is 2.42. The van der Waals surface area contributed by atoms with Crippen LogP contribution in [0.15, 0.2) is 0 Å². The van der Waals surface area contributed by atoms with E-state index in [-0.39, 0.29) is 6.42 Å². The van der Waals surface area contributed by atoms with Gasteiger partial charge in [0.1, 0.15) is 19.1 Å². The van der Waals surface area contributed by atoms with Crippen LogP contribution >= 0.6 is 0 Å². The van der Waals surface area contributed by atoms with Crippen molar-refractivity contribution >= 4 is 11.8 Å². The molecule has 0 aliphatic rings. The predicted octanol–water partition coefficient (Wildman–Crippen LogP) is 3.39. The van der Waals surface area contributed by atoms with E-state index in [1.165, 1.54) is 12.8 Å². The van der Waals surface area contributed by atoms with Crippen molar-refractivity contribution in [2.45, 2.75) is 83.6 Å². The van der Waals surface area contributed by atoms with E-state index in [1.54, 1.807) is 0 Å².